The number of hydrogen-bond donors (Lipinski definition) is 0. The molecule has 0 saturated carbocycles. The summed E-state index contributed by atoms with van der Waals surface area (Å²) >= 11 is 0. The molecule has 7 nitrogen and oxygen atoms in total. The van der Waals surface area contributed by atoms with Gasteiger partial charge in [0, 0.05) is 42.4 Å². The van der Waals surface area contributed by atoms with Crippen molar-refractivity contribution < 1.29 is 14.3 Å². The van der Waals surface area contributed by atoms with Crippen LogP contribution in [0.1, 0.15) is 18.1 Å². The molecule has 0 spiro atoms. The van der Waals surface area contributed by atoms with Crippen molar-refractivity contribution in [3.8, 4) is 5.75 Å². The molecule has 0 N–H and O–H groups in total. The fraction of sp³-hybridized carbons (Fsp3) is 0.278. The third-order valence-corrected chi connectivity index (χ3v) is 4.61. The lowest BCUT2D eigenvalue weighted by Crippen LogP contribution is -2.19. The largest absolute Gasteiger partial charge is 0.468 e. The highest BCUT2D eigenvalue weighted by molar-refractivity contribution is 6.05. The average molecular weight is 340 g/mol. The van der Waals surface area contributed by atoms with Crippen molar-refractivity contribution >= 4 is 27.8 Å². The molecule has 0 atom stereocenters. The van der Waals surface area contributed by atoms with Gasteiger partial charge in [-0.05, 0) is 18.6 Å². The van der Waals surface area contributed by atoms with E-state index in [1.54, 1.807) is 17.7 Å². The van der Waals surface area contributed by atoms with E-state index in [0.717, 1.165) is 16.3 Å². The summed E-state index contributed by atoms with van der Waals surface area (Å²) in [5, 5.41) is 1.64. The maximum atomic E-state index is 12.4. The molecule has 7 heteroatoms. The van der Waals surface area contributed by atoms with Crippen molar-refractivity contribution in [3.05, 3.63) is 50.0 Å². The molecule has 1 aromatic carbocycles. The van der Waals surface area contributed by atoms with Crippen molar-refractivity contribution in [1.82, 2.24) is 9.13 Å². The topological polar surface area (TPSA) is 79.5 Å². The predicted molar refractivity (Wildman–Crippen MR) is 91.8 cm³/mol. The van der Waals surface area contributed by atoms with Crippen LogP contribution < -0.4 is 15.9 Å². The lowest BCUT2D eigenvalue weighted by Gasteiger charge is -2.14. The van der Waals surface area contributed by atoms with E-state index in [-0.39, 0.29) is 24.5 Å². The molecule has 0 saturated heterocycles. The maximum absolute atomic E-state index is 12.4. The van der Waals surface area contributed by atoms with Gasteiger partial charge in [-0.2, -0.15) is 0 Å². The van der Waals surface area contributed by atoms with Crippen molar-refractivity contribution in [3.63, 3.8) is 0 Å². The first kappa shape index (κ1) is 15.4. The molecule has 3 heterocycles. The zero-order chi connectivity index (χ0) is 17.9. The molecule has 0 radical (unpaired) electrons. The van der Waals surface area contributed by atoms with Gasteiger partial charge in [0.2, 0.25) is 0 Å². The molecule has 4 rings (SSSR count). The fourth-order valence-electron chi connectivity index (χ4n) is 3.36. The van der Waals surface area contributed by atoms with Crippen LogP contribution in [0, 0.1) is 6.92 Å². The number of benzene rings is 1. The zero-order valence-corrected chi connectivity index (χ0v) is 14.1. The number of hydrogen-bond acceptors (Lipinski definition) is 5. The second-order valence-corrected chi connectivity index (χ2v) is 6.21. The van der Waals surface area contributed by atoms with Crippen LogP contribution in [0.4, 0.5) is 0 Å². The van der Waals surface area contributed by atoms with Gasteiger partial charge in [-0.15, -0.1) is 0 Å². The van der Waals surface area contributed by atoms with Crippen molar-refractivity contribution in [2.24, 2.45) is 7.05 Å². The van der Waals surface area contributed by atoms with E-state index in [1.807, 2.05) is 13.0 Å². The van der Waals surface area contributed by atoms with E-state index in [1.165, 1.54) is 17.6 Å². The molecule has 1 aliphatic heterocycles. The normalized spacial score (nSPS) is 12.6. The van der Waals surface area contributed by atoms with E-state index in [4.69, 9.17) is 9.47 Å². The van der Waals surface area contributed by atoms with E-state index in [0.29, 0.717) is 22.3 Å². The van der Waals surface area contributed by atoms with Crippen molar-refractivity contribution in [1.29, 1.82) is 0 Å². The number of esters is 1. The SMILES string of the molecule is CC(=O)OCc1cc(=O)n(C)c2c3c4c(cc12)c(C)cc(=O)n4CO3. The van der Waals surface area contributed by atoms with Gasteiger partial charge >= 0.3 is 5.97 Å². The van der Waals surface area contributed by atoms with Gasteiger partial charge in [0.25, 0.3) is 11.1 Å². The Labute approximate surface area is 142 Å². The van der Waals surface area contributed by atoms with Gasteiger partial charge in [0.15, 0.2) is 12.5 Å². The molecule has 25 heavy (non-hydrogen) atoms. The number of carbonyl (C=O) groups excluding carboxylic acids is 1. The Bertz CT molecular complexity index is 1190. The average Bonchev–Trinajstić information content (AvgIpc) is 2.99. The van der Waals surface area contributed by atoms with Crippen LogP contribution >= 0.6 is 0 Å². The van der Waals surface area contributed by atoms with Crippen LogP contribution in [-0.4, -0.2) is 15.1 Å². The monoisotopic (exact) mass is 340 g/mol. The number of rotatable bonds is 2. The Kier molecular flexibility index (Phi) is 3.21. The van der Waals surface area contributed by atoms with E-state index in [2.05, 4.69) is 0 Å². The minimum atomic E-state index is -0.416. The highest BCUT2D eigenvalue weighted by atomic mass is 16.5. The minimum absolute atomic E-state index is 0.00550. The molecule has 0 amide bonds. The van der Waals surface area contributed by atoms with Crippen LogP contribution in [0.15, 0.2) is 27.8 Å². The summed E-state index contributed by atoms with van der Waals surface area (Å²) in [7, 11) is 1.66. The van der Waals surface area contributed by atoms with Crippen LogP contribution in [0.25, 0.3) is 21.8 Å². The summed E-state index contributed by atoms with van der Waals surface area (Å²) in [6.07, 6.45) is 0. The van der Waals surface area contributed by atoms with Crippen molar-refractivity contribution in [2.75, 3.05) is 0 Å². The number of pyridine rings is 2. The number of fused-ring (bicyclic) bond motifs is 2. The van der Waals surface area contributed by atoms with E-state index in [9.17, 15) is 14.4 Å². The Balaban J connectivity index is 2.17. The third-order valence-electron chi connectivity index (χ3n) is 4.61. The second-order valence-electron chi connectivity index (χ2n) is 6.21. The Morgan fingerprint density at radius 2 is 1.92 bits per heavy atom. The molecule has 0 aliphatic carbocycles. The van der Waals surface area contributed by atoms with Crippen molar-refractivity contribution in [2.45, 2.75) is 27.2 Å². The first-order valence-corrected chi connectivity index (χ1v) is 7.84. The number of aryl methyl sites for hydroxylation is 2. The zero-order valence-electron chi connectivity index (χ0n) is 14.1. The first-order valence-electron chi connectivity index (χ1n) is 7.84. The summed E-state index contributed by atoms with van der Waals surface area (Å²) < 4.78 is 13.9. The molecule has 1 aliphatic rings. The van der Waals surface area contributed by atoms with Gasteiger partial charge < -0.3 is 14.0 Å². The van der Waals surface area contributed by atoms with Crippen LogP contribution in [-0.2, 0) is 29.9 Å². The lowest BCUT2D eigenvalue weighted by molar-refractivity contribution is -0.142. The Morgan fingerprint density at radius 1 is 1.16 bits per heavy atom. The summed E-state index contributed by atoms with van der Waals surface area (Å²) in [5.74, 6) is 0.0954. The molecule has 2 aromatic heterocycles. The Hall–Kier alpha value is -3.09. The van der Waals surface area contributed by atoms with E-state index >= 15 is 0 Å². The summed E-state index contributed by atoms with van der Waals surface area (Å²) in [6, 6.07) is 4.96. The number of nitrogens with zero attached hydrogens (tertiary/aromatic N) is 2. The molecule has 3 aromatic rings. The highest BCUT2D eigenvalue weighted by Gasteiger charge is 2.24. The summed E-state index contributed by atoms with van der Waals surface area (Å²) in [6.45, 7) is 3.31. The van der Waals surface area contributed by atoms with Crippen LogP contribution in [0.5, 0.6) is 5.75 Å². The molecular weight excluding hydrogens is 324 g/mol. The Morgan fingerprint density at radius 3 is 2.64 bits per heavy atom. The van der Waals surface area contributed by atoms with E-state index < -0.39 is 5.97 Å². The van der Waals surface area contributed by atoms with Gasteiger partial charge in [-0.3, -0.25) is 19.0 Å². The quantitative estimate of drug-likeness (QED) is 0.523. The third kappa shape index (κ3) is 2.15. The van der Waals surface area contributed by atoms with Gasteiger partial charge in [0.05, 0.1) is 11.0 Å². The number of carbonyl (C=O) groups is 1. The molecule has 0 fully saturated rings. The molecular formula is C18H16N2O5. The smallest absolute Gasteiger partial charge is 0.302 e. The minimum Gasteiger partial charge on any atom is -0.468 e. The van der Waals surface area contributed by atoms with Gasteiger partial charge in [0.1, 0.15) is 6.61 Å². The maximum Gasteiger partial charge on any atom is 0.302 e. The van der Waals surface area contributed by atoms with Crippen LogP contribution in [0.2, 0.25) is 0 Å². The first-order chi connectivity index (χ1) is 11.9. The molecule has 128 valence electrons. The van der Waals surface area contributed by atoms with Gasteiger partial charge in [-0.1, -0.05) is 0 Å². The highest BCUT2D eigenvalue weighted by Crippen LogP contribution is 2.39. The second kappa shape index (κ2) is 5.20. The standard InChI is InChI=1S/C18H16N2O5/c1-9-4-15(23)20-8-25-18-16-13(6-12(9)17(18)20)11(7-24-10(2)21)5-14(22)19(16)3/h4-6H,7-8H2,1-3H3. The lowest BCUT2D eigenvalue weighted by atomic mass is 10.0. The van der Waals surface area contributed by atoms with Crippen LogP contribution in [0.3, 0.4) is 0 Å². The summed E-state index contributed by atoms with van der Waals surface area (Å²) in [5.41, 5.74) is 2.36. The number of ether oxygens (including phenoxy) is 2. The predicted octanol–water partition coefficient (Wildman–Crippen LogP) is 1.57. The molecule has 0 bridgehead atoms. The molecule has 0 unspecified atom stereocenters. The summed E-state index contributed by atoms with van der Waals surface area (Å²) in [4.78, 5) is 35.7. The fourth-order valence-corrected chi connectivity index (χ4v) is 3.36. The van der Waals surface area contributed by atoms with Gasteiger partial charge in [-0.25, -0.2) is 0 Å². The number of aromatic nitrogens is 2.